The highest BCUT2D eigenvalue weighted by Crippen LogP contribution is 2.16. The molecule has 0 spiro atoms. The van der Waals surface area contributed by atoms with Crippen LogP contribution in [-0.2, 0) is 28.6 Å². The largest absolute Gasteiger partial charge is 0.462 e. The topological polar surface area (TPSA) is 78.9 Å². The first-order chi connectivity index (χ1) is 30.5. The van der Waals surface area contributed by atoms with Gasteiger partial charge in [0.25, 0.3) is 0 Å². The molecule has 0 radical (unpaired) electrons. The minimum atomic E-state index is -0.770. The molecule has 0 fully saturated rings. The van der Waals surface area contributed by atoms with Gasteiger partial charge in [-0.3, -0.25) is 14.4 Å². The first-order valence-corrected chi connectivity index (χ1v) is 26.3. The van der Waals surface area contributed by atoms with Gasteiger partial charge in [0.05, 0.1) is 0 Å². The average molecular weight is 867 g/mol. The van der Waals surface area contributed by atoms with E-state index in [9.17, 15) is 14.4 Å². The van der Waals surface area contributed by atoms with Crippen LogP contribution in [0.1, 0.15) is 258 Å². The van der Waals surface area contributed by atoms with Crippen LogP contribution in [-0.4, -0.2) is 37.2 Å². The van der Waals surface area contributed by atoms with Crippen LogP contribution in [0, 0.1) is 0 Å². The molecular weight excluding hydrogens is 769 g/mol. The van der Waals surface area contributed by atoms with Gasteiger partial charge in [-0.25, -0.2) is 0 Å². The minimum Gasteiger partial charge on any atom is -0.462 e. The van der Waals surface area contributed by atoms with Gasteiger partial charge in [-0.15, -0.1) is 0 Å². The lowest BCUT2D eigenvalue weighted by Crippen LogP contribution is -2.30. The highest BCUT2D eigenvalue weighted by molar-refractivity contribution is 5.71. The van der Waals surface area contributed by atoms with Gasteiger partial charge in [-0.05, 0) is 77.0 Å². The predicted octanol–water partition coefficient (Wildman–Crippen LogP) is 17.3. The van der Waals surface area contributed by atoms with Crippen LogP contribution >= 0.6 is 0 Å². The third kappa shape index (κ3) is 48.1. The molecule has 6 nitrogen and oxygen atoms in total. The molecule has 0 rings (SSSR count). The number of hydrogen-bond acceptors (Lipinski definition) is 6. The third-order valence-electron chi connectivity index (χ3n) is 11.2. The van der Waals surface area contributed by atoms with E-state index in [0.29, 0.717) is 19.3 Å². The van der Waals surface area contributed by atoms with E-state index in [4.69, 9.17) is 14.2 Å². The zero-order chi connectivity index (χ0) is 45.1. The summed E-state index contributed by atoms with van der Waals surface area (Å²) in [5.74, 6) is -0.898. The number of carbonyl (C=O) groups is 3. The first-order valence-electron chi connectivity index (χ1n) is 26.3. The van der Waals surface area contributed by atoms with Crippen molar-refractivity contribution in [3.05, 3.63) is 60.8 Å². The number of esters is 3. The van der Waals surface area contributed by atoms with Crippen LogP contribution in [0.5, 0.6) is 0 Å². The average Bonchev–Trinajstić information content (AvgIpc) is 3.27. The van der Waals surface area contributed by atoms with Crippen molar-refractivity contribution >= 4 is 17.9 Å². The Morgan fingerprint density at radius 2 is 0.661 bits per heavy atom. The van der Waals surface area contributed by atoms with E-state index in [1.54, 1.807) is 0 Å². The smallest absolute Gasteiger partial charge is 0.306 e. The molecule has 0 amide bonds. The molecule has 0 aromatic heterocycles. The molecule has 0 aliphatic rings. The summed E-state index contributed by atoms with van der Waals surface area (Å²) in [6.07, 6.45) is 62.7. The van der Waals surface area contributed by atoms with Crippen molar-refractivity contribution in [1.29, 1.82) is 0 Å². The molecule has 1 atom stereocenters. The molecule has 0 aliphatic carbocycles. The lowest BCUT2D eigenvalue weighted by molar-refractivity contribution is -0.167. The second kappa shape index (κ2) is 50.8. The number of carbonyl (C=O) groups excluding carboxylic acids is 3. The first kappa shape index (κ1) is 59.1. The Labute approximate surface area is 383 Å². The second-order valence-corrected chi connectivity index (χ2v) is 17.4. The van der Waals surface area contributed by atoms with Crippen molar-refractivity contribution < 1.29 is 28.6 Å². The zero-order valence-electron chi connectivity index (χ0n) is 40.9. The van der Waals surface area contributed by atoms with E-state index >= 15 is 0 Å². The number of unbranched alkanes of at least 4 members (excludes halogenated alkanes) is 26. The van der Waals surface area contributed by atoms with Crippen molar-refractivity contribution in [1.82, 2.24) is 0 Å². The maximum atomic E-state index is 12.6. The summed E-state index contributed by atoms with van der Waals surface area (Å²) in [5, 5.41) is 0. The Morgan fingerprint density at radius 3 is 1.06 bits per heavy atom. The number of rotatable bonds is 47. The Morgan fingerprint density at radius 1 is 0.339 bits per heavy atom. The van der Waals surface area contributed by atoms with Gasteiger partial charge in [0.1, 0.15) is 13.2 Å². The lowest BCUT2D eigenvalue weighted by Gasteiger charge is -2.18. The maximum Gasteiger partial charge on any atom is 0.306 e. The van der Waals surface area contributed by atoms with Crippen molar-refractivity contribution in [3.63, 3.8) is 0 Å². The van der Waals surface area contributed by atoms with Gasteiger partial charge in [0.15, 0.2) is 6.10 Å². The summed E-state index contributed by atoms with van der Waals surface area (Å²) in [4.78, 5) is 37.5. The predicted molar refractivity (Wildman–Crippen MR) is 265 cm³/mol. The minimum absolute atomic E-state index is 0.0757. The molecule has 62 heavy (non-hydrogen) atoms. The molecule has 0 aromatic rings. The fourth-order valence-corrected chi connectivity index (χ4v) is 7.32. The van der Waals surface area contributed by atoms with Gasteiger partial charge >= 0.3 is 17.9 Å². The molecule has 0 saturated heterocycles. The standard InChI is InChI=1S/C56H98O6/c1-4-7-10-13-15-17-19-20-21-22-23-24-25-26-27-28-29-30-31-32-33-34-35-36-37-39-40-43-46-49-55(58)61-52-53(51-60-54(57)48-45-42-12-9-6-3)62-56(59)50-47-44-41-38-18-16-14-11-8-5-2/h7,10-11,14-15,17,20-21,23-24,53H,4-6,8-9,12-13,16,18-19,22,25-52H2,1-3H3/b10-7-,14-11-,17-15-,21-20-,24-23-. The van der Waals surface area contributed by atoms with Crippen LogP contribution in [0.4, 0.5) is 0 Å². The third-order valence-corrected chi connectivity index (χ3v) is 11.2. The van der Waals surface area contributed by atoms with Gasteiger partial charge in [-0.2, -0.15) is 0 Å². The SMILES string of the molecule is CC/C=C\C/C=C\C/C=C\C/C=C\CCCCCCCCCCCCCCCCCCC(=O)OCC(COC(=O)CCCCCCC)OC(=O)CCCCCCC/C=C\CCC. The Hall–Kier alpha value is -2.89. The van der Waals surface area contributed by atoms with Gasteiger partial charge in [0.2, 0.25) is 0 Å². The van der Waals surface area contributed by atoms with Crippen molar-refractivity contribution in [2.24, 2.45) is 0 Å². The fourth-order valence-electron chi connectivity index (χ4n) is 7.32. The monoisotopic (exact) mass is 867 g/mol. The molecule has 0 N–H and O–H groups in total. The highest BCUT2D eigenvalue weighted by Gasteiger charge is 2.19. The van der Waals surface area contributed by atoms with Crippen LogP contribution < -0.4 is 0 Å². The van der Waals surface area contributed by atoms with E-state index in [-0.39, 0.29) is 31.1 Å². The quantitative estimate of drug-likeness (QED) is 0.0262. The van der Waals surface area contributed by atoms with Crippen LogP contribution in [0.25, 0.3) is 0 Å². The lowest BCUT2D eigenvalue weighted by atomic mass is 10.0. The van der Waals surface area contributed by atoms with Crippen LogP contribution in [0.2, 0.25) is 0 Å². The van der Waals surface area contributed by atoms with E-state index in [2.05, 4.69) is 81.5 Å². The van der Waals surface area contributed by atoms with Crippen molar-refractivity contribution in [2.45, 2.75) is 264 Å². The molecule has 0 bridgehead atoms. The maximum absolute atomic E-state index is 12.6. The summed E-state index contributed by atoms with van der Waals surface area (Å²) in [6.45, 7) is 6.38. The van der Waals surface area contributed by atoms with Crippen LogP contribution in [0.3, 0.4) is 0 Å². The van der Waals surface area contributed by atoms with Gasteiger partial charge < -0.3 is 14.2 Å². The molecule has 6 heteroatoms. The molecule has 0 aromatic carbocycles. The normalized spacial score (nSPS) is 12.5. The molecule has 0 aliphatic heterocycles. The van der Waals surface area contributed by atoms with E-state index in [1.807, 2.05) is 0 Å². The summed E-state index contributed by atoms with van der Waals surface area (Å²) in [6, 6.07) is 0. The van der Waals surface area contributed by atoms with E-state index in [1.165, 1.54) is 109 Å². The van der Waals surface area contributed by atoms with Crippen molar-refractivity contribution in [3.8, 4) is 0 Å². The van der Waals surface area contributed by atoms with Gasteiger partial charge in [0, 0.05) is 19.3 Å². The summed E-state index contributed by atoms with van der Waals surface area (Å²) >= 11 is 0. The second-order valence-electron chi connectivity index (χ2n) is 17.4. The number of allylic oxidation sites excluding steroid dienone is 10. The Kier molecular flexibility index (Phi) is 48.4. The Bertz CT molecular complexity index is 1130. The van der Waals surface area contributed by atoms with E-state index in [0.717, 1.165) is 109 Å². The number of ether oxygens (including phenoxy) is 3. The highest BCUT2D eigenvalue weighted by atomic mass is 16.6. The van der Waals surface area contributed by atoms with Gasteiger partial charge in [-0.1, -0.05) is 223 Å². The molecular formula is C56H98O6. The van der Waals surface area contributed by atoms with Crippen LogP contribution in [0.15, 0.2) is 60.8 Å². The molecule has 0 heterocycles. The Balaban J connectivity index is 3.93. The summed E-state index contributed by atoms with van der Waals surface area (Å²) in [5.41, 5.74) is 0. The summed E-state index contributed by atoms with van der Waals surface area (Å²) in [7, 11) is 0. The van der Waals surface area contributed by atoms with E-state index < -0.39 is 6.10 Å². The number of hydrogen-bond donors (Lipinski definition) is 0. The zero-order valence-corrected chi connectivity index (χ0v) is 40.9. The fraction of sp³-hybridized carbons (Fsp3) is 0.768. The molecule has 0 saturated carbocycles. The van der Waals surface area contributed by atoms with Crippen molar-refractivity contribution in [2.75, 3.05) is 13.2 Å². The molecule has 1 unspecified atom stereocenters. The molecule has 358 valence electrons. The summed E-state index contributed by atoms with van der Waals surface area (Å²) < 4.78 is 16.6.